The summed E-state index contributed by atoms with van der Waals surface area (Å²) in [5.41, 5.74) is 2.42. The third kappa shape index (κ3) is 4.14. The summed E-state index contributed by atoms with van der Waals surface area (Å²) < 4.78 is 33.5. The van der Waals surface area contributed by atoms with E-state index in [0.717, 1.165) is 37.9 Å². The number of hydrogen-bond acceptors (Lipinski definition) is 4. The SMILES string of the molecule is COc1ccc(S(=O)(=O)Nc2ccc(C(=O)N3CCCCC3)cc2)c(C)c1C. The number of benzene rings is 2. The first-order chi connectivity index (χ1) is 13.3. The molecule has 1 saturated heterocycles. The Morgan fingerprint density at radius 1 is 0.964 bits per heavy atom. The van der Waals surface area contributed by atoms with Crippen molar-refractivity contribution in [3.05, 3.63) is 53.1 Å². The van der Waals surface area contributed by atoms with E-state index in [1.807, 2.05) is 11.8 Å². The van der Waals surface area contributed by atoms with Crippen LogP contribution < -0.4 is 9.46 Å². The number of anilines is 1. The molecule has 6 nitrogen and oxygen atoms in total. The second-order valence-corrected chi connectivity index (χ2v) is 8.70. The number of carbonyl (C=O) groups excluding carboxylic acids is 1. The molecule has 28 heavy (non-hydrogen) atoms. The van der Waals surface area contributed by atoms with Crippen molar-refractivity contribution in [3.63, 3.8) is 0 Å². The van der Waals surface area contributed by atoms with Crippen LogP contribution in [0.4, 0.5) is 5.69 Å². The molecule has 0 atom stereocenters. The maximum Gasteiger partial charge on any atom is 0.262 e. The van der Waals surface area contributed by atoms with Gasteiger partial charge in [-0.25, -0.2) is 8.42 Å². The molecular formula is C21H26N2O4S. The number of ether oxygens (including phenoxy) is 1. The molecule has 1 aliphatic heterocycles. The van der Waals surface area contributed by atoms with Gasteiger partial charge in [0, 0.05) is 24.3 Å². The lowest BCUT2D eigenvalue weighted by atomic mass is 10.1. The third-order valence-corrected chi connectivity index (χ3v) is 6.75. The van der Waals surface area contributed by atoms with Crippen LogP contribution in [0.3, 0.4) is 0 Å². The topological polar surface area (TPSA) is 75.7 Å². The number of methoxy groups -OCH3 is 1. The summed E-state index contributed by atoms with van der Waals surface area (Å²) in [6.45, 7) is 5.15. The molecule has 150 valence electrons. The number of piperidine rings is 1. The first-order valence-corrected chi connectivity index (χ1v) is 10.9. The average molecular weight is 403 g/mol. The van der Waals surface area contributed by atoms with E-state index < -0.39 is 10.0 Å². The van der Waals surface area contributed by atoms with Crippen LogP contribution in [0.5, 0.6) is 5.75 Å². The Balaban J connectivity index is 1.78. The Hall–Kier alpha value is -2.54. The van der Waals surface area contributed by atoms with Crippen LogP contribution in [0.2, 0.25) is 0 Å². The predicted octanol–water partition coefficient (Wildman–Crippen LogP) is 3.74. The number of rotatable bonds is 5. The van der Waals surface area contributed by atoms with Crippen molar-refractivity contribution in [2.45, 2.75) is 38.0 Å². The Labute approximate surface area is 166 Å². The lowest BCUT2D eigenvalue weighted by Crippen LogP contribution is -2.35. The van der Waals surface area contributed by atoms with Gasteiger partial charge in [0.15, 0.2) is 0 Å². The summed E-state index contributed by atoms with van der Waals surface area (Å²) in [5.74, 6) is 0.646. The van der Waals surface area contributed by atoms with Crippen molar-refractivity contribution >= 4 is 21.6 Å². The van der Waals surface area contributed by atoms with Crippen LogP contribution in [0.1, 0.15) is 40.7 Å². The molecule has 2 aromatic carbocycles. The summed E-state index contributed by atoms with van der Waals surface area (Å²) >= 11 is 0. The van der Waals surface area contributed by atoms with Crippen molar-refractivity contribution in [1.29, 1.82) is 0 Å². The van der Waals surface area contributed by atoms with E-state index >= 15 is 0 Å². The number of sulfonamides is 1. The van der Waals surface area contributed by atoms with Crippen molar-refractivity contribution < 1.29 is 17.9 Å². The molecule has 0 aromatic heterocycles. The number of nitrogens with one attached hydrogen (secondary N) is 1. The summed E-state index contributed by atoms with van der Waals surface area (Å²) in [4.78, 5) is 14.6. The highest BCUT2D eigenvalue weighted by atomic mass is 32.2. The van der Waals surface area contributed by atoms with Gasteiger partial charge in [0.05, 0.1) is 12.0 Å². The number of carbonyl (C=O) groups is 1. The second-order valence-electron chi connectivity index (χ2n) is 7.05. The maximum absolute atomic E-state index is 12.8. The van der Waals surface area contributed by atoms with Gasteiger partial charge in [0.1, 0.15) is 5.75 Å². The van der Waals surface area contributed by atoms with Gasteiger partial charge < -0.3 is 9.64 Å². The highest BCUT2D eigenvalue weighted by Gasteiger charge is 2.21. The summed E-state index contributed by atoms with van der Waals surface area (Å²) in [6.07, 6.45) is 3.23. The minimum absolute atomic E-state index is 0.00395. The molecule has 0 spiro atoms. The van der Waals surface area contributed by atoms with Gasteiger partial charge in [-0.1, -0.05) is 0 Å². The van der Waals surface area contributed by atoms with Gasteiger partial charge in [-0.2, -0.15) is 0 Å². The van der Waals surface area contributed by atoms with E-state index in [0.29, 0.717) is 22.6 Å². The highest BCUT2D eigenvalue weighted by Crippen LogP contribution is 2.28. The predicted molar refractivity (Wildman–Crippen MR) is 109 cm³/mol. The molecule has 0 bridgehead atoms. The van der Waals surface area contributed by atoms with Crippen LogP contribution in [0.15, 0.2) is 41.3 Å². The Morgan fingerprint density at radius 3 is 2.21 bits per heavy atom. The highest BCUT2D eigenvalue weighted by molar-refractivity contribution is 7.92. The number of hydrogen-bond donors (Lipinski definition) is 1. The molecule has 7 heteroatoms. The largest absolute Gasteiger partial charge is 0.496 e. The molecule has 1 aliphatic rings. The van der Waals surface area contributed by atoms with Crippen LogP contribution in [0.25, 0.3) is 0 Å². The molecule has 0 saturated carbocycles. The minimum Gasteiger partial charge on any atom is -0.496 e. The van der Waals surface area contributed by atoms with E-state index in [1.54, 1.807) is 44.4 Å². The van der Waals surface area contributed by atoms with Gasteiger partial charge in [0.25, 0.3) is 15.9 Å². The molecule has 1 amide bonds. The molecule has 2 aromatic rings. The van der Waals surface area contributed by atoms with Gasteiger partial charge in [-0.05, 0) is 80.6 Å². The van der Waals surface area contributed by atoms with Crippen molar-refractivity contribution in [1.82, 2.24) is 4.90 Å². The molecule has 1 N–H and O–H groups in total. The molecular weight excluding hydrogens is 376 g/mol. The minimum atomic E-state index is -3.75. The Morgan fingerprint density at radius 2 is 1.61 bits per heavy atom. The lowest BCUT2D eigenvalue weighted by Gasteiger charge is -2.26. The zero-order chi connectivity index (χ0) is 20.3. The monoisotopic (exact) mass is 402 g/mol. The van der Waals surface area contributed by atoms with E-state index in [1.165, 1.54) is 6.07 Å². The van der Waals surface area contributed by atoms with E-state index in [4.69, 9.17) is 4.74 Å². The van der Waals surface area contributed by atoms with Gasteiger partial charge >= 0.3 is 0 Å². The Bertz CT molecular complexity index is 963. The van der Waals surface area contributed by atoms with E-state index in [2.05, 4.69) is 4.72 Å². The molecule has 3 rings (SSSR count). The van der Waals surface area contributed by atoms with Crippen molar-refractivity contribution in [2.75, 3.05) is 24.9 Å². The molecule has 0 unspecified atom stereocenters. The summed E-state index contributed by atoms with van der Waals surface area (Å²) in [5, 5.41) is 0. The van der Waals surface area contributed by atoms with Crippen LogP contribution in [0, 0.1) is 13.8 Å². The zero-order valence-electron chi connectivity index (χ0n) is 16.5. The van der Waals surface area contributed by atoms with E-state index in [9.17, 15) is 13.2 Å². The van der Waals surface area contributed by atoms with Crippen LogP contribution >= 0.6 is 0 Å². The van der Waals surface area contributed by atoms with Crippen LogP contribution in [-0.4, -0.2) is 39.4 Å². The van der Waals surface area contributed by atoms with Crippen LogP contribution in [-0.2, 0) is 10.0 Å². The average Bonchev–Trinajstić information content (AvgIpc) is 2.70. The van der Waals surface area contributed by atoms with Gasteiger partial charge in [-0.15, -0.1) is 0 Å². The molecule has 0 radical (unpaired) electrons. The number of nitrogens with zero attached hydrogens (tertiary/aromatic N) is 1. The first kappa shape index (κ1) is 20.2. The normalized spacial score (nSPS) is 14.6. The smallest absolute Gasteiger partial charge is 0.262 e. The fourth-order valence-electron chi connectivity index (χ4n) is 3.45. The number of likely N-dealkylation sites (tertiary alicyclic amines) is 1. The lowest BCUT2D eigenvalue weighted by molar-refractivity contribution is 0.0724. The summed E-state index contributed by atoms with van der Waals surface area (Å²) in [6, 6.07) is 9.78. The molecule has 1 heterocycles. The van der Waals surface area contributed by atoms with Crippen molar-refractivity contribution in [3.8, 4) is 5.75 Å². The standard InChI is InChI=1S/C21H26N2O4S/c1-15-16(2)20(12-11-19(15)27-3)28(25,26)22-18-9-7-17(8-10-18)21(24)23-13-5-4-6-14-23/h7-12,22H,4-6,13-14H2,1-3H3. The van der Waals surface area contributed by atoms with Gasteiger partial charge in [-0.3, -0.25) is 9.52 Å². The second kappa shape index (κ2) is 8.22. The quantitative estimate of drug-likeness (QED) is 0.827. The zero-order valence-corrected chi connectivity index (χ0v) is 17.3. The Kier molecular flexibility index (Phi) is 5.93. The van der Waals surface area contributed by atoms with E-state index in [-0.39, 0.29) is 10.8 Å². The van der Waals surface area contributed by atoms with Crippen molar-refractivity contribution in [2.24, 2.45) is 0 Å². The van der Waals surface area contributed by atoms with Gasteiger partial charge in [0.2, 0.25) is 0 Å². The molecule has 0 aliphatic carbocycles. The molecule has 1 fully saturated rings. The number of amides is 1. The fraction of sp³-hybridized carbons (Fsp3) is 0.381. The first-order valence-electron chi connectivity index (χ1n) is 9.40. The fourth-order valence-corrected chi connectivity index (χ4v) is 4.81. The maximum atomic E-state index is 12.8. The third-order valence-electron chi connectivity index (χ3n) is 5.22. The summed E-state index contributed by atoms with van der Waals surface area (Å²) in [7, 11) is -2.19.